The Bertz CT molecular complexity index is 767. The minimum absolute atomic E-state index is 0.127. The van der Waals surface area contributed by atoms with Crippen molar-refractivity contribution in [2.75, 3.05) is 19.6 Å². The summed E-state index contributed by atoms with van der Waals surface area (Å²) in [5.74, 6) is -2.51. The van der Waals surface area contributed by atoms with E-state index in [2.05, 4.69) is 21.3 Å². The Morgan fingerprint density at radius 2 is 1.84 bits per heavy atom. The van der Waals surface area contributed by atoms with Gasteiger partial charge in [-0.2, -0.15) is 0 Å². The molecule has 0 aromatic heterocycles. The van der Waals surface area contributed by atoms with Crippen molar-refractivity contribution in [1.29, 1.82) is 0 Å². The molecule has 10 nitrogen and oxygen atoms in total. The number of carbonyl (C=O) groups excluding carboxylic acids is 3. The number of carboxylic acid groups (broad SMARTS) is 1. The standard InChI is InChI=1S/C22H33N5O5/c23-11-5-4-9-17(27-21(30)16-10-6-12-24-16)20(29)25-14-19(28)26-18(22(31)32)13-15-7-2-1-3-8-15/h1-3,7-8,16-18,24H,4-6,9-14,23H2,(H,25,29)(H,26,28)(H,27,30)(H,31,32). The van der Waals surface area contributed by atoms with Crippen molar-refractivity contribution in [3.8, 4) is 0 Å². The molecule has 1 aromatic rings. The van der Waals surface area contributed by atoms with Crippen LogP contribution in [0.5, 0.6) is 0 Å². The number of rotatable bonds is 13. The van der Waals surface area contributed by atoms with Crippen molar-refractivity contribution in [3.63, 3.8) is 0 Å². The van der Waals surface area contributed by atoms with Gasteiger partial charge in [0.05, 0.1) is 12.6 Å². The molecule has 0 bridgehead atoms. The number of carbonyl (C=O) groups is 4. The number of carboxylic acids is 1. The Morgan fingerprint density at radius 1 is 1.09 bits per heavy atom. The average Bonchev–Trinajstić information content (AvgIpc) is 3.32. The lowest BCUT2D eigenvalue weighted by atomic mass is 10.1. The molecule has 0 aliphatic carbocycles. The summed E-state index contributed by atoms with van der Waals surface area (Å²) in [6.07, 6.45) is 3.50. The van der Waals surface area contributed by atoms with Gasteiger partial charge in [-0.3, -0.25) is 14.4 Å². The summed E-state index contributed by atoms with van der Waals surface area (Å²) in [4.78, 5) is 48.8. The molecular weight excluding hydrogens is 414 g/mol. The second-order valence-corrected chi connectivity index (χ2v) is 7.86. The molecule has 0 spiro atoms. The molecule has 1 aliphatic heterocycles. The van der Waals surface area contributed by atoms with E-state index in [1.807, 2.05) is 6.07 Å². The van der Waals surface area contributed by atoms with Crippen LogP contribution in [0.15, 0.2) is 30.3 Å². The van der Waals surface area contributed by atoms with Crippen LogP contribution in [0.2, 0.25) is 0 Å². The highest BCUT2D eigenvalue weighted by atomic mass is 16.4. The molecule has 7 N–H and O–H groups in total. The maximum atomic E-state index is 12.6. The molecule has 2 rings (SSSR count). The number of nitrogens with one attached hydrogen (secondary N) is 4. The fourth-order valence-corrected chi connectivity index (χ4v) is 3.53. The first kappa shape index (κ1) is 25.3. The zero-order valence-corrected chi connectivity index (χ0v) is 18.1. The second-order valence-electron chi connectivity index (χ2n) is 7.86. The minimum atomic E-state index is -1.16. The van der Waals surface area contributed by atoms with Gasteiger partial charge in [-0.25, -0.2) is 4.79 Å². The minimum Gasteiger partial charge on any atom is -0.480 e. The summed E-state index contributed by atoms with van der Waals surface area (Å²) >= 11 is 0. The molecule has 3 atom stereocenters. The van der Waals surface area contributed by atoms with Crippen LogP contribution < -0.4 is 27.0 Å². The molecule has 1 heterocycles. The third-order valence-electron chi connectivity index (χ3n) is 5.30. The molecular formula is C22H33N5O5. The summed E-state index contributed by atoms with van der Waals surface area (Å²) in [6.45, 7) is 0.852. The molecule has 1 aliphatic rings. The number of unbranched alkanes of at least 4 members (excludes halogenated alkanes) is 1. The van der Waals surface area contributed by atoms with E-state index in [1.165, 1.54) is 0 Å². The normalized spacial score (nSPS) is 17.2. The summed E-state index contributed by atoms with van der Waals surface area (Å²) in [6, 6.07) is 6.72. The lowest BCUT2D eigenvalue weighted by molar-refractivity contribution is -0.141. The van der Waals surface area contributed by atoms with Crippen molar-refractivity contribution in [2.45, 2.75) is 56.7 Å². The summed E-state index contributed by atoms with van der Waals surface area (Å²) < 4.78 is 0. The second kappa shape index (κ2) is 13.4. The smallest absolute Gasteiger partial charge is 0.326 e. The number of amides is 3. The number of benzene rings is 1. The fraction of sp³-hybridized carbons (Fsp3) is 0.545. The molecule has 32 heavy (non-hydrogen) atoms. The maximum Gasteiger partial charge on any atom is 0.326 e. The number of nitrogens with two attached hydrogens (primary N) is 1. The number of hydrogen-bond donors (Lipinski definition) is 6. The van der Waals surface area contributed by atoms with E-state index in [1.54, 1.807) is 24.3 Å². The van der Waals surface area contributed by atoms with E-state index >= 15 is 0 Å². The average molecular weight is 448 g/mol. The van der Waals surface area contributed by atoms with Crippen molar-refractivity contribution in [2.24, 2.45) is 5.73 Å². The van der Waals surface area contributed by atoms with E-state index in [9.17, 15) is 24.3 Å². The number of aliphatic carboxylic acids is 1. The predicted molar refractivity (Wildman–Crippen MR) is 119 cm³/mol. The zero-order chi connectivity index (χ0) is 23.3. The number of hydrogen-bond acceptors (Lipinski definition) is 6. The molecule has 10 heteroatoms. The highest BCUT2D eigenvalue weighted by Crippen LogP contribution is 2.07. The van der Waals surface area contributed by atoms with E-state index in [-0.39, 0.29) is 24.9 Å². The molecule has 0 radical (unpaired) electrons. The quantitative estimate of drug-likeness (QED) is 0.217. The highest BCUT2D eigenvalue weighted by Gasteiger charge is 2.27. The van der Waals surface area contributed by atoms with Crippen LogP contribution in [0, 0.1) is 0 Å². The molecule has 1 fully saturated rings. The van der Waals surface area contributed by atoms with Gasteiger partial charge in [0.25, 0.3) is 0 Å². The SMILES string of the molecule is NCCCCC(NC(=O)C1CCCN1)C(=O)NCC(=O)NC(Cc1ccccc1)C(=O)O. The molecule has 1 saturated heterocycles. The van der Waals surface area contributed by atoms with Crippen LogP contribution in [0.3, 0.4) is 0 Å². The van der Waals surface area contributed by atoms with Gasteiger partial charge < -0.3 is 32.1 Å². The van der Waals surface area contributed by atoms with Gasteiger partial charge in [0, 0.05) is 6.42 Å². The van der Waals surface area contributed by atoms with E-state index < -0.39 is 29.9 Å². The third-order valence-corrected chi connectivity index (χ3v) is 5.30. The fourth-order valence-electron chi connectivity index (χ4n) is 3.53. The van der Waals surface area contributed by atoms with Gasteiger partial charge in [0.1, 0.15) is 12.1 Å². The summed E-state index contributed by atoms with van der Waals surface area (Å²) in [5, 5.41) is 20.2. The van der Waals surface area contributed by atoms with Crippen molar-refractivity contribution in [3.05, 3.63) is 35.9 Å². The molecule has 1 aromatic carbocycles. The van der Waals surface area contributed by atoms with Crippen LogP contribution >= 0.6 is 0 Å². The molecule has 3 unspecified atom stereocenters. The Morgan fingerprint density at radius 3 is 2.47 bits per heavy atom. The highest BCUT2D eigenvalue weighted by molar-refractivity contribution is 5.92. The van der Waals surface area contributed by atoms with Crippen LogP contribution in [-0.4, -0.2) is 66.6 Å². The molecule has 3 amide bonds. The van der Waals surface area contributed by atoms with Gasteiger partial charge in [0.2, 0.25) is 17.7 Å². The monoisotopic (exact) mass is 447 g/mol. The van der Waals surface area contributed by atoms with Crippen LogP contribution in [0.1, 0.15) is 37.7 Å². The first-order chi connectivity index (χ1) is 15.4. The molecule has 176 valence electrons. The largest absolute Gasteiger partial charge is 0.480 e. The van der Waals surface area contributed by atoms with Gasteiger partial charge >= 0.3 is 5.97 Å². The zero-order valence-electron chi connectivity index (χ0n) is 18.1. The lowest BCUT2D eigenvalue weighted by Gasteiger charge is -2.21. The van der Waals surface area contributed by atoms with Crippen molar-refractivity contribution >= 4 is 23.7 Å². The van der Waals surface area contributed by atoms with Crippen LogP contribution in [-0.2, 0) is 25.6 Å². The van der Waals surface area contributed by atoms with Gasteiger partial charge in [-0.05, 0) is 50.8 Å². The van der Waals surface area contributed by atoms with Crippen molar-refractivity contribution in [1.82, 2.24) is 21.3 Å². The van der Waals surface area contributed by atoms with Gasteiger partial charge in [0.15, 0.2) is 0 Å². The van der Waals surface area contributed by atoms with E-state index in [0.29, 0.717) is 32.2 Å². The summed E-state index contributed by atoms with van der Waals surface area (Å²) in [7, 11) is 0. The summed E-state index contributed by atoms with van der Waals surface area (Å²) in [5.41, 5.74) is 6.29. The Labute approximate surface area is 187 Å². The first-order valence-corrected chi connectivity index (χ1v) is 11.0. The topological polar surface area (TPSA) is 163 Å². The van der Waals surface area contributed by atoms with Crippen LogP contribution in [0.25, 0.3) is 0 Å². The van der Waals surface area contributed by atoms with Crippen molar-refractivity contribution < 1.29 is 24.3 Å². The van der Waals surface area contributed by atoms with E-state index in [4.69, 9.17) is 5.73 Å². The Balaban J connectivity index is 1.87. The lowest BCUT2D eigenvalue weighted by Crippen LogP contribution is -2.53. The van der Waals surface area contributed by atoms with Gasteiger partial charge in [-0.1, -0.05) is 30.3 Å². The van der Waals surface area contributed by atoms with Gasteiger partial charge in [-0.15, -0.1) is 0 Å². The molecule has 0 saturated carbocycles. The Kier molecular flexibility index (Phi) is 10.6. The predicted octanol–water partition coefficient (Wildman–Crippen LogP) is -0.719. The third kappa shape index (κ3) is 8.64. The Hall–Kier alpha value is -2.98. The van der Waals surface area contributed by atoms with Crippen LogP contribution in [0.4, 0.5) is 0 Å². The maximum absolute atomic E-state index is 12.6. The van der Waals surface area contributed by atoms with E-state index in [0.717, 1.165) is 18.5 Å². The first-order valence-electron chi connectivity index (χ1n) is 11.0.